The Hall–Kier alpha value is -2.41. The molecule has 0 unspecified atom stereocenters. The lowest BCUT2D eigenvalue weighted by atomic mass is 9.94. The first kappa shape index (κ1) is 16.1. The van der Waals surface area contributed by atoms with Gasteiger partial charge in [0, 0.05) is 44.3 Å². The summed E-state index contributed by atoms with van der Waals surface area (Å²) in [4.78, 5) is 39.5. The van der Waals surface area contributed by atoms with Gasteiger partial charge in [0.15, 0.2) is 0 Å². The van der Waals surface area contributed by atoms with Crippen LogP contribution < -0.4 is 10.5 Å². The van der Waals surface area contributed by atoms with E-state index in [2.05, 4.69) is 19.9 Å². The van der Waals surface area contributed by atoms with Crippen molar-refractivity contribution in [1.29, 1.82) is 0 Å². The van der Waals surface area contributed by atoms with Crippen LogP contribution in [0.3, 0.4) is 0 Å². The minimum Gasteiger partial charge on any atom is -0.353 e. The number of hydrogen-bond donors (Lipinski definition) is 1. The maximum absolute atomic E-state index is 12.9. The molecule has 1 amide bonds. The van der Waals surface area contributed by atoms with Crippen LogP contribution in [0.25, 0.3) is 0 Å². The standard InChI is InChI=1S/C17H18ClN5O2/c18-14-5-12(6-21-16(14)24)17(25)23-9-11-1-2-13(23)10-22(8-11)15-7-19-3-4-20-15/h3-7,11,13H,1-2,8-10H2,(H,21,24)/t11-,13+/m0/s1. The Labute approximate surface area is 149 Å². The van der Waals surface area contributed by atoms with Crippen molar-refractivity contribution in [2.75, 3.05) is 24.5 Å². The monoisotopic (exact) mass is 359 g/mol. The van der Waals surface area contributed by atoms with E-state index >= 15 is 0 Å². The van der Waals surface area contributed by atoms with Crippen LogP contribution in [0.2, 0.25) is 5.02 Å². The fourth-order valence-corrected chi connectivity index (χ4v) is 3.89. The summed E-state index contributed by atoms with van der Waals surface area (Å²) in [7, 11) is 0. The van der Waals surface area contributed by atoms with Gasteiger partial charge in [0.05, 0.1) is 11.8 Å². The number of anilines is 1. The summed E-state index contributed by atoms with van der Waals surface area (Å²) in [5.41, 5.74) is 0.0348. The number of amides is 1. The average Bonchev–Trinajstić information content (AvgIpc) is 2.96. The zero-order valence-electron chi connectivity index (χ0n) is 13.6. The molecule has 5 rings (SSSR count). The first-order chi connectivity index (χ1) is 12.1. The van der Waals surface area contributed by atoms with E-state index in [9.17, 15) is 9.59 Å². The van der Waals surface area contributed by atoms with E-state index in [1.54, 1.807) is 18.6 Å². The summed E-state index contributed by atoms with van der Waals surface area (Å²) < 4.78 is 0. The Balaban J connectivity index is 1.59. The number of rotatable bonds is 2. The number of H-pyrrole nitrogens is 1. The normalized spacial score (nSPS) is 22.8. The van der Waals surface area contributed by atoms with Crippen molar-refractivity contribution in [3.63, 3.8) is 0 Å². The number of piperidine rings is 1. The molecule has 1 N–H and O–H groups in total. The molecule has 3 aliphatic heterocycles. The SMILES string of the molecule is O=C(c1c[nH]c(=O)c(Cl)c1)N1C[C@H]2CC[C@@H]1CN(c1cnccn1)C2. The molecule has 2 bridgehead atoms. The van der Waals surface area contributed by atoms with Crippen LogP contribution in [0.15, 0.2) is 35.6 Å². The number of carbonyl (C=O) groups is 1. The van der Waals surface area contributed by atoms with Gasteiger partial charge in [-0.25, -0.2) is 4.98 Å². The summed E-state index contributed by atoms with van der Waals surface area (Å²) in [5.74, 6) is 1.15. The van der Waals surface area contributed by atoms with Crippen molar-refractivity contribution in [3.8, 4) is 0 Å². The first-order valence-corrected chi connectivity index (χ1v) is 8.70. The number of aromatic nitrogens is 3. The molecule has 5 heterocycles. The highest BCUT2D eigenvalue weighted by Gasteiger charge is 2.38. The lowest BCUT2D eigenvalue weighted by Crippen LogP contribution is -2.47. The molecule has 3 fully saturated rings. The molecule has 0 spiro atoms. The number of carbonyl (C=O) groups excluding carboxylic acids is 1. The van der Waals surface area contributed by atoms with Gasteiger partial charge in [-0.1, -0.05) is 11.6 Å². The first-order valence-electron chi connectivity index (χ1n) is 8.32. The molecular weight excluding hydrogens is 342 g/mol. The second-order valence-corrected chi connectivity index (χ2v) is 7.00. The van der Waals surface area contributed by atoms with Gasteiger partial charge in [-0.2, -0.15) is 0 Å². The van der Waals surface area contributed by atoms with Crippen LogP contribution >= 0.6 is 11.6 Å². The molecule has 0 aliphatic carbocycles. The molecule has 2 aromatic rings. The van der Waals surface area contributed by atoms with E-state index in [4.69, 9.17) is 11.6 Å². The lowest BCUT2D eigenvalue weighted by molar-refractivity contribution is 0.0591. The van der Waals surface area contributed by atoms with Crippen molar-refractivity contribution in [1.82, 2.24) is 19.9 Å². The Kier molecular flexibility index (Phi) is 4.17. The maximum Gasteiger partial charge on any atom is 0.266 e. The third-order valence-electron chi connectivity index (χ3n) is 4.95. The molecule has 0 saturated carbocycles. The predicted octanol–water partition coefficient (Wildman–Crippen LogP) is 1.56. The van der Waals surface area contributed by atoms with Gasteiger partial charge in [0.25, 0.3) is 11.5 Å². The topological polar surface area (TPSA) is 82.2 Å². The number of pyridine rings is 1. The van der Waals surface area contributed by atoms with E-state index in [1.165, 1.54) is 12.3 Å². The highest BCUT2D eigenvalue weighted by Crippen LogP contribution is 2.30. The third-order valence-corrected chi connectivity index (χ3v) is 5.23. The van der Waals surface area contributed by atoms with Gasteiger partial charge < -0.3 is 14.8 Å². The Morgan fingerprint density at radius 3 is 2.88 bits per heavy atom. The van der Waals surface area contributed by atoms with Crippen LogP contribution in [0.5, 0.6) is 0 Å². The molecule has 2 aromatic heterocycles. The molecule has 3 saturated heterocycles. The molecule has 0 aromatic carbocycles. The highest BCUT2D eigenvalue weighted by molar-refractivity contribution is 6.30. The van der Waals surface area contributed by atoms with Crippen LogP contribution in [0.1, 0.15) is 23.2 Å². The summed E-state index contributed by atoms with van der Waals surface area (Å²) >= 11 is 5.87. The van der Waals surface area contributed by atoms with Crippen molar-refractivity contribution < 1.29 is 4.79 Å². The van der Waals surface area contributed by atoms with Crippen LogP contribution in [-0.4, -0.2) is 51.4 Å². The van der Waals surface area contributed by atoms with Crippen LogP contribution in [0.4, 0.5) is 5.82 Å². The van der Waals surface area contributed by atoms with Gasteiger partial charge >= 0.3 is 0 Å². The number of fused-ring (bicyclic) bond motifs is 4. The van der Waals surface area contributed by atoms with E-state index in [0.717, 1.165) is 31.7 Å². The predicted molar refractivity (Wildman–Crippen MR) is 93.9 cm³/mol. The van der Waals surface area contributed by atoms with Gasteiger partial charge in [-0.3, -0.25) is 14.6 Å². The van der Waals surface area contributed by atoms with Gasteiger partial charge in [0.1, 0.15) is 10.8 Å². The van der Waals surface area contributed by atoms with Gasteiger partial charge in [0.2, 0.25) is 0 Å². The Morgan fingerprint density at radius 1 is 1.24 bits per heavy atom. The summed E-state index contributed by atoms with van der Waals surface area (Å²) in [5, 5.41) is 0.0343. The number of aromatic amines is 1. The van der Waals surface area contributed by atoms with Crippen LogP contribution in [0, 0.1) is 5.92 Å². The molecular formula is C17H18ClN5O2. The third kappa shape index (κ3) is 3.11. The maximum atomic E-state index is 12.9. The second kappa shape index (κ2) is 6.48. The number of nitrogens with zero attached hydrogens (tertiary/aromatic N) is 4. The molecule has 2 atom stereocenters. The number of nitrogens with one attached hydrogen (secondary N) is 1. The Morgan fingerprint density at radius 2 is 2.12 bits per heavy atom. The van der Waals surface area contributed by atoms with Crippen molar-refractivity contribution >= 4 is 23.3 Å². The van der Waals surface area contributed by atoms with Crippen LogP contribution in [-0.2, 0) is 0 Å². The number of hydrogen-bond acceptors (Lipinski definition) is 5. The lowest BCUT2D eigenvalue weighted by Gasteiger charge is -2.36. The van der Waals surface area contributed by atoms with E-state index in [-0.39, 0.29) is 22.5 Å². The molecule has 8 heteroatoms. The fraction of sp³-hybridized carbons (Fsp3) is 0.412. The number of halogens is 1. The molecule has 130 valence electrons. The van der Waals surface area contributed by atoms with E-state index in [1.807, 2.05) is 4.90 Å². The Bertz CT molecular complexity index is 840. The van der Waals surface area contributed by atoms with Gasteiger partial charge in [-0.15, -0.1) is 0 Å². The fourth-order valence-electron chi connectivity index (χ4n) is 3.72. The average molecular weight is 360 g/mol. The zero-order chi connectivity index (χ0) is 17.4. The smallest absolute Gasteiger partial charge is 0.266 e. The molecule has 0 radical (unpaired) electrons. The summed E-state index contributed by atoms with van der Waals surface area (Å²) in [6.07, 6.45) is 8.61. The molecule has 7 nitrogen and oxygen atoms in total. The quantitative estimate of drug-likeness (QED) is 0.879. The van der Waals surface area contributed by atoms with E-state index < -0.39 is 0 Å². The van der Waals surface area contributed by atoms with Crippen molar-refractivity contribution in [2.45, 2.75) is 18.9 Å². The minimum absolute atomic E-state index is 0.0343. The summed E-state index contributed by atoms with van der Waals surface area (Å²) in [6.45, 7) is 2.31. The summed E-state index contributed by atoms with van der Waals surface area (Å²) in [6, 6.07) is 1.56. The molecule has 25 heavy (non-hydrogen) atoms. The molecule has 3 aliphatic rings. The van der Waals surface area contributed by atoms with E-state index in [0.29, 0.717) is 18.0 Å². The van der Waals surface area contributed by atoms with Crippen molar-refractivity contribution in [2.24, 2.45) is 5.92 Å². The van der Waals surface area contributed by atoms with Crippen molar-refractivity contribution in [3.05, 3.63) is 51.8 Å². The van der Waals surface area contributed by atoms with Gasteiger partial charge in [-0.05, 0) is 24.8 Å². The zero-order valence-corrected chi connectivity index (χ0v) is 14.3. The second-order valence-electron chi connectivity index (χ2n) is 6.59. The highest BCUT2D eigenvalue weighted by atomic mass is 35.5. The largest absolute Gasteiger partial charge is 0.353 e. The minimum atomic E-state index is -0.385.